The van der Waals surface area contributed by atoms with E-state index in [1.54, 1.807) is 0 Å². The molecule has 0 unspecified atom stereocenters. The molecule has 1 heterocycles. The maximum Gasteiger partial charge on any atom is 0.371 e. The molecule has 0 aliphatic carbocycles. The highest BCUT2D eigenvalue weighted by molar-refractivity contribution is 5.87. The van der Waals surface area contributed by atoms with Crippen LogP contribution in [0, 0.1) is 5.82 Å². The lowest BCUT2D eigenvalue weighted by molar-refractivity contribution is 0.0663. The first-order chi connectivity index (χ1) is 7.09. The lowest BCUT2D eigenvalue weighted by Crippen LogP contribution is -2.06. The van der Waals surface area contributed by atoms with Gasteiger partial charge in [0.2, 0.25) is 5.76 Å². The highest BCUT2D eigenvalue weighted by Gasteiger charge is 2.12. The number of benzene rings is 1. The van der Waals surface area contributed by atoms with Crippen LogP contribution >= 0.6 is 0 Å². The summed E-state index contributed by atoms with van der Waals surface area (Å²) in [4.78, 5) is 21.9. The Balaban J connectivity index is 2.92. The molecule has 15 heavy (non-hydrogen) atoms. The van der Waals surface area contributed by atoms with Crippen LogP contribution in [0.3, 0.4) is 0 Å². The minimum atomic E-state index is -1.41. The second-order valence-electron chi connectivity index (χ2n) is 2.90. The normalized spacial score (nSPS) is 10.5. The van der Waals surface area contributed by atoms with Gasteiger partial charge in [-0.2, -0.15) is 0 Å². The first-order valence-corrected chi connectivity index (χ1v) is 4.05. The Morgan fingerprint density at radius 3 is 2.80 bits per heavy atom. The molecule has 4 nitrogen and oxygen atoms in total. The standard InChI is InChI=1S/C10H5FO4/c11-6-3-1-2-5-7(12)4-8(10(13)14)15-9(5)6/h1-4H,(H,13,14). The average molecular weight is 208 g/mol. The van der Waals surface area contributed by atoms with E-state index in [4.69, 9.17) is 9.52 Å². The van der Waals surface area contributed by atoms with E-state index in [2.05, 4.69) is 0 Å². The van der Waals surface area contributed by atoms with E-state index in [-0.39, 0.29) is 11.0 Å². The molecular weight excluding hydrogens is 203 g/mol. The zero-order chi connectivity index (χ0) is 11.0. The largest absolute Gasteiger partial charge is 0.475 e. The minimum Gasteiger partial charge on any atom is -0.475 e. The number of fused-ring (bicyclic) bond motifs is 1. The first-order valence-electron chi connectivity index (χ1n) is 4.05. The number of rotatable bonds is 1. The van der Waals surface area contributed by atoms with Crippen LogP contribution in [0.2, 0.25) is 0 Å². The third kappa shape index (κ3) is 1.48. The fraction of sp³-hybridized carbons (Fsp3) is 0. The second kappa shape index (κ2) is 3.20. The topological polar surface area (TPSA) is 67.5 Å². The van der Waals surface area contributed by atoms with E-state index < -0.39 is 23.0 Å². The van der Waals surface area contributed by atoms with Crippen LogP contribution in [0.1, 0.15) is 10.6 Å². The van der Waals surface area contributed by atoms with E-state index in [0.29, 0.717) is 0 Å². The van der Waals surface area contributed by atoms with Gasteiger partial charge in [0.1, 0.15) is 0 Å². The van der Waals surface area contributed by atoms with Crippen molar-refractivity contribution in [1.29, 1.82) is 0 Å². The van der Waals surface area contributed by atoms with Crippen molar-refractivity contribution in [2.75, 3.05) is 0 Å². The zero-order valence-corrected chi connectivity index (χ0v) is 7.36. The van der Waals surface area contributed by atoms with Crippen molar-refractivity contribution < 1.29 is 18.7 Å². The molecule has 0 spiro atoms. The lowest BCUT2D eigenvalue weighted by atomic mass is 10.2. The molecule has 1 aromatic heterocycles. The van der Waals surface area contributed by atoms with E-state index in [0.717, 1.165) is 12.1 Å². The summed E-state index contributed by atoms with van der Waals surface area (Å²) >= 11 is 0. The van der Waals surface area contributed by atoms with Crippen molar-refractivity contribution in [2.24, 2.45) is 0 Å². The van der Waals surface area contributed by atoms with Gasteiger partial charge in [-0.1, -0.05) is 6.07 Å². The summed E-state index contributed by atoms with van der Waals surface area (Å²) in [6, 6.07) is 4.64. The van der Waals surface area contributed by atoms with Gasteiger partial charge in [-0.15, -0.1) is 0 Å². The zero-order valence-electron chi connectivity index (χ0n) is 7.36. The smallest absolute Gasteiger partial charge is 0.371 e. The Hall–Kier alpha value is -2.17. The molecule has 76 valence electrons. The van der Waals surface area contributed by atoms with Crippen molar-refractivity contribution >= 4 is 16.9 Å². The molecule has 5 heteroatoms. The molecule has 0 aliphatic rings. The minimum absolute atomic E-state index is 0.0278. The number of carboxylic acids is 1. The summed E-state index contributed by atoms with van der Waals surface area (Å²) in [5.74, 6) is -2.73. The van der Waals surface area contributed by atoms with Gasteiger partial charge < -0.3 is 9.52 Å². The Kier molecular flexibility index (Phi) is 2.00. The molecule has 0 atom stereocenters. The van der Waals surface area contributed by atoms with E-state index in [1.807, 2.05) is 0 Å². The van der Waals surface area contributed by atoms with Crippen LogP contribution in [0.15, 0.2) is 33.5 Å². The fourth-order valence-corrected chi connectivity index (χ4v) is 1.25. The molecule has 1 N–H and O–H groups in total. The summed E-state index contributed by atoms with van der Waals surface area (Å²) < 4.78 is 17.9. The van der Waals surface area contributed by atoms with E-state index >= 15 is 0 Å². The molecule has 2 aromatic rings. The third-order valence-electron chi connectivity index (χ3n) is 1.92. The van der Waals surface area contributed by atoms with Crippen molar-refractivity contribution in [3.05, 3.63) is 46.1 Å². The number of aromatic carboxylic acids is 1. The first kappa shape index (κ1) is 9.39. The van der Waals surface area contributed by atoms with Gasteiger partial charge >= 0.3 is 5.97 Å². The van der Waals surface area contributed by atoms with E-state index in [9.17, 15) is 14.0 Å². The predicted molar refractivity (Wildman–Crippen MR) is 49.4 cm³/mol. The van der Waals surface area contributed by atoms with Crippen molar-refractivity contribution in [1.82, 2.24) is 0 Å². The number of halogens is 1. The fourth-order valence-electron chi connectivity index (χ4n) is 1.25. The van der Waals surface area contributed by atoms with Crippen LogP contribution in [-0.2, 0) is 0 Å². The average Bonchev–Trinajstić information content (AvgIpc) is 2.19. The van der Waals surface area contributed by atoms with Gasteiger partial charge in [-0.3, -0.25) is 4.79 Å². The van der Waals surface area contributed by atoms with Gasteiger partial charge in [0.15, 0.2) is 16.8 Å². The highest BCUT2D eigenvalue weighted by Crippen LogP contribution is 2.15. The predicted octanol–water partition coefficient (Wildman–Crippen LogP) is 1.63. The number of para-hydroxylation sites is 1. The number of carbonyl (C=O) groups is 1. The van der Waals surface area contributed by atoms with E-state index in [1.165, 1.54) is 12.1 Å². The van der Waals surface area contributed by atoms with Gasteiger partial charge in [-0.25, -0.2) is 9.18 Å². The summed E-state index contributed by atoms with van der Waals surface area (Å²) in [6.07, 6.45) is 0. The Labute approximate surface area is 82.6 Å². The van der Waals surface area contributed by atoms with Gasteiger partial charge in [0.25, 0.3) is 0 Å². The van der Waals surface area contributed by atoms with Crippen LogP contribution in [-0.4, -0.2) is 11.1 Å². The van der Waals surface area contributed by atoms with Crippen LogP contribution in [0.25, 0.3) is 11.0 Å². The number of hydrogen-bond acceptors (Lipinski definition) is 3. The van der Waals surface area contributed by atoms with Crippen LogP contribution in [0.5, 0.6) is 0 Å². The molecule has 0 fully saturated rings. The maximum atomic E-state index is 13.2. The summed E-state index contributed by atoms with van der Waals surface area (Å²) in [5, 5.41) is 8.63. The quantitative estimate of drug-likeness (QED) is 0.773. The molecule has 0 saturated heterocycles. The Morgan fingerprint density at radius 1 is 1.40 bits per heavy atom. The summed E-state index contributed by atoms with van der Waals surface area (Å²) in [6.45, 7) is 0. The van der Waals surface area contributed by atoms with Crippen molar-refractivity contribution in [3.63, 3.8) is 0 Å². The van der Waals surface area contributed by atoms with Crippen LogP contribution < -0.4 is 5.43 Å². The monoisotopic (exact) mass is 208 g/mol. The van der Waals surface area contributed by atoms with Crippen LogP contribution in [0.4, 0.5) is 4.39 Å². The van der Waals surface area contributed by atoms with Gasteiger partial charge in [-0.05, 0) is 12.1 Å². The Bertz CT molecular complexity index is 600. The maximum absolute atomic E-state index is 13.2. The molecule has 1 aromatic carbocycles. The summed E-state index contributed by atoms with van der Waals surface area (Å²) in [5.41, 5.74) is -0.907. The number of hydrogen-bond donors (Lipinski definition) is 1. The molecule has 0 radical (unpaired) electrons. The SMILES string of the molecule is O=C(O)c1cc(=O)c2cccc(F)c2o1. The van der Waals surface area contributed by atoms with Crippen molar-refractivity contribution in [2.45, 2.75) is 0 Å². The second-order valence-corrected chi connectivity index (χ2v) is 2.90. The highest BCUT2D eigenvalue weighted by atomic mass is 19.1. The molecule has 0 amide bonds. The van der Waals surface area contributed by atoms with Crippen molar-refractivity contribution in [3.8, 4) is 0 Å². The van der Waals surface area contributed by atoms with Gasteiger partial charge in [0, 0.05) is 6.07 Å². The molecule has 0 aliphatic heterocycles. The number of carboxylic acid groups (broad SMARTS) is 1. The summed E-state index contributed by atoms with van der Waals surface area (Å²) in [7, 11) is 0. The molecular formula is C10H5FO4. The Morgan fingerprint density at radius 2 is 2.13 bits per heavy atom. The molecule has 0 bridgehead atoms. The third-order valence-corrected chi connectivity index (χ3v) is 1.92. The molecule has 2 rings (SSSR count). The lowest BCUT2D eigenvalue weighted by Gasteiger charge is -1.99. The van der Waals surface area contributed by atoms with Gasteiger partial charge in [0.05, 0.1) is 5.39 Å². The molecule has 0 saturated carbocycles.